The van der Waals surface area contributed by atoms with Gasteiger partial charge in [-0.2, -0.15) is 17.8 Å². The second-order valence-corrected chi connectivity index (χ2v) is 8.13. The molecule has 3 heterocycles. The molecule has 1 atom stereocenters. The minimum atomic E-state index is -4.50. The van der Waals surface area contributed by atoms with Crippen LogP contribution in [0.5, 0.6) is 5.75 Å². The van der Waals surface area contributed by atoms with Gasteiger partial charge in [-0.15, -0.1) is 0 Å². The number of hydrogen-bond donors (Lipinski definition) is 0. The van der Waals surface area contributed by atoms with Gasteiger partial charge in [0.25, 0.3) is 0 Å². The van der Waals surface area contributed by atoms with E-state index in [0.29, 0.717) is 10.8 Å². The Labute approximate surface area is 184 Å². The third kappa shape index (κ3) is 5.37. The predicted octanol–water partition coefficient (Wildman–Crippen LogP) is 5.18. The fourth-order valence-electron chi connectivity index (χ4n) is 3.77. The molecule has 0 amide bonds. The molecular weight excluding hydrogens is 429 g/mol. The lowest BCUT2D eigenvalue weighted by Crippen LogP contribution is -2.39. The van der Waals surface area contributed by atoms with Crippen LogP contribution in [0.4, 0.5) is 19.0 Å². The van der Waals surface area contributed by atoms with Crippen LogP contribution in [0.3, 0.4) is 0 Å². The SMILES string of the molecule is FC(F)(F)C1=N[N+](CCOc2cccc(Cl)c2)(Cc2ccc(N3CCCC3)nc2)C=C1. The lowest BCUT2D eigenvalue weighted by molar-refractivity contribution is -0.897. The minimum absolute atomic E-state index is 0.179. The largest absolute Gasteiger partial charge is 0.488 e. The van der Waals surface area contributed by atoms with E-state index in [-0.39, 0.29) is 24.3 Å². The fourth-order valence-corrected chi connectivity index (χ4v) is 3.95. The standard InChI is InChI=1S/C22H23ClF3N4O/c23-18-4-3-5-19(14-18)31-13-12-30(11-8-20(28-30)22(24,25)26)16-17-6-7-21(27-15-17)29-9-1-2-10-29/h3-8,11,14-15H,1-2,9-10,12-13,16H2/q+1. The molecule has 0 aliphatic carbocycles. The summed E-state index contributed by atoms with van der Waals surface area (Å²) in [5, 5.41) is 4.54. The van der Waals surface area contributed by atoms with Crippen LogP contribution >= 0.6 is 11.6 Å². The summed E-state index contributed by atoms with van der Waals surface area (Å²) < 4.78 is 45.2. The number of rotatable bonds is 7. The molecule has 31 heavy (non-hydrogen) atoms. The van der Waals surface area contributed by atoms with E-state index in [1.165, 1.54) is 6.20 Å². The number of pyridine rings is 1. The molecular formula is C22H23ClF3N4O+. The van der Waals surface area contributed by atoms with Crippen molar-refractivity contribution in [1.29, 1.82) is 0 Å². The van der Waals surface area contributed by atoms with Gasteiger partial charge in [-0.05, 0) is 43.2 Å². The van der Waals surface area contributed by atoms with Crippen LogP contribution in [-0.2, 0) is 6.54 Å². The van der Waals surface area contributed by atoms with Crippen molar-refractivity contribution in [3.63, 3.8) is 0 Å². The van der Waals surface area contributed by atoms with Gasteiger partial charge >= 0.3 is 6.18 Å². The summed E-state index contributed by atoms with van der Waals surface area (Å²) in [5.41, 5.74) is -0.0839. The Morgan fingerprint density at radius 2 is 1.94 bits per heavy atom. The highest BCUT2D eigenvalue weighted by molar-refractivity contribution is 6.30. The summed E-state index contributed by atoms with van der Waals surface area (Å²) in [5.74, 6) is 1.46. The van der Waals surface area contributed by atoms with E-state index in [2.05, 4.69) is 15.0 Å². The number of quaternary nitrogens is 1. The second kappa shape index (κ2) is 8.88. The van der Waals surface area contributed by atoms with Crippen LogP contribution in [0.25, 0.3) is 0 Å². The summed E-state index contributed by atoms with van der Waals surface area (Å²) in [7, 11) is 0. The molecule has 1 unspecified atom stereocenters. The molecule has 1 fully saturated rings. The highest BCUT2D eigenvalue weighted by Crippen LogP contribution is 2.29. The van der Waals surface area contributed by atoms with Crippen molar-refractivity contribution < 1.29 is 22.5 Å². The van der Waals surface area contributed by atoms with Crippen LogP contribution in [-0.4, -0.2) is 47.7 Å². The number of aromatic nitrogens is 1. The Hall–Kier alpha value is -2.58. The fraction of sp³-hybridized carbons (Fsp3) is 0.364. The molecule has 1 saturated heterocycles. The normalized spacial score (nSPS) is 20.9. The van der Waals surface area contributed by atoms with E-state index >= 15 is 0 Å². The van der Waals surface area contributed by atoms with Crippen LogP contribution in [0, 0.1) is 0 Å². The van der Waals surface area contributed by atoms with E-state index in [0.717, 1.165) is 43.4 Å². The first-order valence-electron chi connectivity index (χ1n) is 10.1. The molecule has 0 N–H and O–H groups in total. The van der Waals surface area contributed by atoms with Gasteiger partial charge in [-0.1, -0.05) is 22.8 Å². The molecule has 2 aliphatic rings. The molecule has 0 bridgehead atoms. The Balaban J connectivity index is 1.49. The maximum atomic E-state index is 13.2. The van der Waals surface area contributed by atoms with E-state index in [4.69, 9.17) is 16.3 Å². The first-order valence-corrected chi connectivity index (χ1v) is 10.5. The van der Waals surface area contributed by atoms with Crippen molar-refractivity contribution >= 4 is 23.1 Å². The number of alkyl halides is 3. The van der Waals surface area contributed by atoms with Gasteiger partial charge in [-0.25, -0.2) is 4.98 Å². The van der Waals surface area contributed by atoms with Crippen LogP contribution < -0.4 is 9.64 Å². The van der Waals surface area contributed by atoms with Gasteiger partial charge in [0.15, 0.2) is 0 Å². The Kier molecular flexibility index (Phi) is 6.20. The van der Waals surface area contributed by atoms with Crippen molar-refractivity contribution in [2.45, 2.75) is 25.6 Å². The first kappa shape index (κ1) is 21.6. The molecule has 2 aliphatic heterocycles. The number of benzene rings is 1. The maximum Gasteiger partial charge on any atom is 0.438 e. The van der Waals surface area contributed by atoms with Crippen LogP contribution in [0.15, 0.2) is 60.0 Å². The molecule has 0 saturated carbocycles. The molecule has 9 heteroatoms. The molecule has 1 aromatic carbocycles. The molecule has 0 radical (unpaired) electrons. The quantitative estimate of drug-likeness (QED) is 0.544. The zero-order valence-electron chi connectivity index (χ0n) is 16.9. The average molecular weight is 452 g/mol. The van der Waals surface area contributed by atoms with Gasteiger partial charge < -0.3 is 9.64 Å². The van der Waals surface area contributed by atoms with Gasteiger partial charge in [0.1, 0.15) is 37.5 Å². The monoisotopic (exact) mass is 451 g/mol. The number of ether oxygens (including phenoxy) is 1. The third-order valence-corrected chi connectivity index (χ3v) is 5.58. The molecule has 1 aromatic heterocycles. The third-order valence-electron chi connectivity index (χ3n) is 5.35. The van der Waals surface area contributed by atoms with E-state index in [1.54, 1.807) is 30.5 Å². The number of allylic oxidation sites excluding steroid dienone is 1. The molecule has 4 rings (SSSR count). The van der Waals surface area contributed by atoms with Gasteiger partial charge in [0, 0.05) is 35.9 Å². The van der Waals surface area contributed by atoms with E-state index in [9.17, 15) is 13.2 Å². The summed E-state index contributed by atoms with van der Waals surface area (Å²) in [6, 6.07) is 10.7. The van der Waals surface area contributed by atoms with E-state index in [1.807, 2.05) is 12.1 Å². The first-order chi connectivity index (χ1) is 14.8. The lowest BCUT2D eigenvalue weighted by atomic mass is 10.2. The zero-order chi connectivity index (χ0) is 21.9. The Morgan fingerprint density at radius 1 is 1.13 bits per heavy atom. The van der Waals surface area contributed by atoms with Gasteiger partial charge in [0.2, 0.25) is 5.71 Å². The number of nitrogens with zero attached hydrogens (tertiary/aromatic N) is 4. The molecule has 5 nitrogen and oxygen atoms in total. The summed E-state index contributed by atoms with van der Waals surface area (Å²) in [4.78, 5) is 6.73. The average Bonchev–Trinajstić information content (AvgIpc) is 3.39. The van der Waals surface area contributed by atoms with Gasteiger partial charge in [0.05, 0.1) is 0 Å². The van der Waals surface area contributed by atoms with Gasteiger partial charge in [-0.3, -0.25) is 0 Å². The number of anilines is 1. The predicted molar refractivity (Wildman–Crippen MR) is 114 cm³/mol. The summed E-state index contributed by atoms with van der Waals surface area (Å²) in [6.45, 7) is 2.63. The van der Waals surface area contributed by atoms with Crippen LogP contribution in [0.1, 0.15) is 18.4 Å². The Morgan fingerprint density at radius 3 is 2.58 bits per heavy atom. The molecule has 0 spiro atoms. The van der Waals surface area contributed by atoms with Crippen molar-refractivity contribution in [1.82, 2.24) is 4.98 Å². The van der Waals surface area contributed by atoms with Crippen molar-refractivity contribution in [3.8, 4) is 5.75 Å². The summed E-state index contributed by atoms with van der Waals surface area (Å²) >= 11 is 5.96. The van der Waals surface area contributed by atoms with Crippen LogP contribution in [0.2, 0.25) is 5.02 Å². The highest BCUT2D eigenvalue weighted by Gasteiger charge is 2.43. The molecule has 2 aromatic rings. The Bertz CT molecular complexity index is 971. The highest BCUT2D eigenvalue weighted by atomic mass is 35.5. The number of halogens is 4. The smallest absolute Gasteiger partial charge is 0.438 e. The van der Waals surface area contributed by atoms with E-state index < -0.39 is 11.9 Å². The topological polar surface area (TPSA) is 37.7 Å². The van der Waals surface area contributed by atoms with Crippen molar-refractivity contribution in [3.05, 3.63) is 65.5 Å². The van der Waals surface area contributed by atoms with Crippen molar-refractivity contribution in [2.75, 3.05) is 31.1 Å². The maximum absolute atomic E-state index is 13.2. The second-order valence-electron chi connectivity index (χ2n) is 7.69. The zero-order valence-corrected chi connectivity index (χ0v) is 17.6. The number of hydrogen-bond acceptors (Lipinski definition) is 4. The minimum Gasteiger partial charge on any atom is -0.488 e. The molecule has 164 valence electrons. The lowest BCUT2D eigenvalue weighted by Gasteiger charge is -2.26. The summed E-state index contributed by atoms with van der Waals surface area (Å²) in [6.07, 6.45) is 2.03. The van der Waals surface area contributed by atoms with Crippen molar-refractivity contribution in [2.24, 2.45) is 5.10 Å².